The molecule has 1 fully saturated rings. The van der Waals surface area contributed by atoms with Crippen LogP contribution < -0.4 is 10.6 Å². The second kappa shape index (κ2) is 9.56. The van der Waals surface area contributed by atoms with E-state index in [1.165, 1.54) is 6.42 Å². The molecule has 1 aliphatic rings. The van der Waals surface area contributed by atoms with E-state index in [4.69, 9.17) is 4.74 Å². The minimum Gasteiger partial charge on any atom is -0.349 e. The minimum absolute atomic E-state index is 0.193. The molecule has 1 saturated heterocycles. The third-order valence-electron chi connectivity index (χ3n) is 4.56. The van der Waals surface area contributed by atoms with E-state index in [0.29, 0.717) is 24.9 Å². The molecule has 0 spiro atoms. The monoisotopic (exact) mass is 346 g/mol. The van der Waals surface area contributed by atoms with Crippen molar-refractivity contribution in [1.29, 1.82) is 0 Å². The van der Waals surface area contributed by atoms with Crippen LogP contribution in [0.25, 0.3) is 0 Å². The summed E-state index contributed by atoms with van der Waals surface area (Å²) >= 11 is 0. The predicted molar refractivity (Wildman–Crippen MR) is 97.8 cm³/mol. The van der Waals surface area contributed by atoms with E-state index in [2.05, 4.69) is 31.4 Å². The average Bonchev–Trinajstić information content (AvgIpc) is 2.58. The van der Waals surface area contributed by atoms with Crippen LogP contribution in [0.3, 0.4) is 0 Å². The van der Waals surface area contributed by atoms with E-state index in [9.17, 15) is 9.59 Å². The standard InChI is InChI=1S/C20H30N2O3/c1-14(2)9-10-15(3)11-12-25-20-19(24)21-17(18(23)22-20)13-16-7-5-4-6-8-16/h4-8,14-15,17,20H,9-13H2,1-3H3,(H,21,24)(H,22,23)/t15?,17-,20-/m0/s1. The Bertz CT molecular complexity index is 559. The maximum Gasteiger partial charge on any atom is 0.270 e. The van der Waals surface area contributed by atoms with Crippen LogP contribution in [0.4, 0.5) is 0 Å². The van der Waals surface area contributed by atoms with Crippen LogP contribution in [0.15, 0.2) is 30.3 Å². The van der Waals surface area contributed by atoms with Crippen molar-refractivity contribution in [2.45, 2.75) is 58.7 Å². The zero-order chi connectivity index (χ0) is 18.2. The zero-order valence-electron chi connectivity index (χ0n) is 15.5. The summed E-state index contributed by atoms with van der Waals surface area (Å²) in [4.78, 5) is 24.4. The van der Waals surface area contributed by atoms with Gasteiger partial charge in [-0.3, -0.25) is 9.59 Å². The lowest BCUT2D eigenvalue weighted by Crippen LogP contribution is -2.63. The second-order valence-corrected chi connectivity index (χ2v) is 7.38. The van der Waals surface area contributed by atoms with Crippen LogP contribution in [-0.4, -0.2) is 30.7 Å². The van der Waals surface area contributed by atoms with Crippen molar-refractivity contribution in [3.05, 3.63) is 35.9 Å². The largest absolute Gasteiger partial charge is 0.349 e. The molecule has 5 nitrogen and oxygen atoms in total. The predicted octanol–water partition coefficient (Wildman–Crippen LogP) is 2.65. The van der Waals surface area contributed by atoms with Crippen molar-refractivity contribution >= 4 is 11.8 Å². The van der Waals surface area contributed by atoms with Gasteiger partial charge in [0.05, 0.1) is 6.61 Å². The summed E-state index contributed by atoms with van der Waals surface area (Å²) in [5.74, 6) is 0.792. The van der Waals surface area contributed by atoms with Gasteiger partial charge in [-0.1, -0.05) is 63.9 Å². The third-order valence-corrected chi connectivity index (χ3v) is 4.56. The lowest BCUT2D eigenvalue weighted by molar-refractivity contribution is -0.149. The summed E-state index contributed by atoms with van der Waals surface area (Å²) in [6.45, 7) is 7.11. The molecule has 0 aromatic heterocycles. The number of piperazine rings is 1. The average molecular weight is 346 g/mol. The van der Waals surface area contributed by atoms with Gasteiger partial charge in [0.25, 0.3) is 5.91 Å². The van der Waals surface area contributed by atoms with Crippen molar-refractivity contribution < 1.29 is 14.3 Å². The molecule has 0 bridgehead atoms. The number of ether oxygens (including phenoxy) is 1. The van der Waals surface area contributed by atoms with Gasteiger partial charge in [-0.25, -0.2) is 0 Å². The molecule has 1 aromatic rings. The topological polar surface area (TPSA) is 67.4 Å². The Balaban J connectivity index is 1.74. The summed E-state index contributed by atoms with van der Waals surface area (Å²) in [6.07, 6.45) is 2.85. The maximum absolute atomic E-state index is 12.2. The van der Waals surface area contributed by atoms with Gasteiger partial charge < -0.3 is 15.4 Å². The lowest BCUT2D eigenvalue weighted by Gasteiger charge is -2.29. The van der Waals surface area contributed by atoms with Crippen molar-refractivity contribution in [2.75, 3.05) is 6.61 Å². The molecular formula is C20H30N2O3. The number of hydrogen-bond donors (Lipinski definition) is 2. The van der Waals surface area contributed by atoms with Crippen molar-refractivity contribution in [2.24, 2.45) is 11.8 Å². The van der Waals surface area contributed by atoms with E-state index < -0.39 is 12.3 Å². The van der Waals surface area contributed by atoms with E-state index >= 15 is 0 Å². The molecular weight excluding hydrogens is 316 g/mol. The Hall–Kier alpha value is -1.88. The molecule has 2 N–H and O–H groups in total. The van der Waals surface area contributed by atoms with Gasteiger partial charge in [-0.05, 0) is 23.8 Å². The highest BCUT2D eigenvalue weighted by molar-refractivity contribution is 5.96. The molecule has 0 radical (unpaired) electrons. The number of nitrogens with one attached hydrogen (secondary N) is 2. The van der Waals surface area contributed by atoms with Gasteiger partial charge >= 0.3 is 0 Å². The molecule has 3 atom stereocenters. The Morgan fingerprint density at radius 2 is 1.68 bits per heavy atom. The maximum atomic E-state index is 12.2. The molecule has 5 heteroatoms. The van der Waals surface area contributed by atoms with Crippen molar-refractivity contribution in [3.8, 4) is 0 Å². The number of benzene rings is 1. The van der Waals surface area contributed by atoms with Crippen LogP contribution in [0, 0.1) is 11.8 Å². The highest BCUT2D eigenvalue weighted by Gasteiger charge is 2.34. The van der Waals surface area contributed by atoms with Gasteiger partial charge in [0.1, 0.15) is 6.04 Å². The van der Waals surface area contributed by atoms with Crippen LogP contribution in [-0.2, 0) is 20.7 Å². The fourth-order valence-corrected chi connectivity index (χ4v) is 2.87. The van der Waals surface area contributed by atoms with Gasteiger partial charge in [-0.2, -0.15) is 0 Å². The molecule has 1 aliphatic heterocycles. The summed E-state index contributed by atoms with van der Waals surface area (Å²) < 4.78 is 5.60. The first-order valence-electron chi connectivity index (χ1n) is 9.22. The van der Waals surface area contributed by atoms with Gasteiger partial charge in [0.2, 0.25) is 12.1 Å². The highest BCUT2D eigenvalue weighted by atomic mass is 16.5. The van der Waals surface area contributed by atoms with Crippen LogP contribution in [0.5, 0.6) is 0 Å². The Morgan fingerprint density at radius 3 is 2.36 bits per heavy atom. The van der Waals surface area contributed by atoms with Crippen LogP contribution in [0.2, 0.25) is 0 Å². The van der Waals surface area contributed by atoms with Gasteiger partial charge in [0.15, 0.2) is 0 Å². The van der Waals surface area contributed by atoms with Crippen LogP contribution in [0.1, 0.15) is 45.6 Å². The zero-order valence-corrected chi connectivity index (χ0v) is 15.5. The quantitative estimate of drug-likeness (QED) is 0.722. The van der Waals surface area contributed by atoms with E-state index in [0.717, 1.165) is 18.4 Å². The first-order valence-corrected chi connectivity index (χ1v) is 9.22. The van der Waals surface area contributed by atoms with Crippen molar-refractivity contribution in [3.63, 3.8) is 0 Å². The summed E-state index contributed by atoms with van der Waals surface area (Å²) in [5.41, 5.74) is 1.02. The number of carbonyl (C=O) groups is 2. The highest BCUT2D eigenvalue weighted by Crippen LogP contribution is 2.15. The molecule has 1 aromatic carbocycles. The van der Waals surface area contributed by atoms with Gasteiger partial charge in [-0.15, -0.1) is 0 Å². The number of rotatable bonds is 9. The summed E-state index contributed by atoms with van der Waals surface area (Å²) in [7, 11) is 0. The molecule has 2 rings (SSSR count). The molecule has 0 saturated carbocycles. The smallest absolute Gasteiger partial charge is 0.270 e. The molecule has 25 heavy (non-hydrogen) atoms. The van der Waals surface area contributed by atoms with Crippen molar-refractivity contribution in [1.82, 2.24) is 10.6 Å². The Kier molecular flexibility index (Phi) is 7.44. The molecule has 138 valence electrons. The molecule has 1 unspecified atom stereocenters. The van der Waals surface area contributed by atoms with Crippen LogP contribution >= 0.6 is 0 Å². The lowest BCUT2D eigenvalue weighted by atomic mass is 9.97. The second-order valence-electron chi connectivity index (χ2n) is 7.38. The molecule has 0 aliphatic carbocycles. The van der Waals surface area contributed by atoms with E-state index in [1.807, 2.05) is 30.3 Å². The fraction of sp³-hybridized carbons (Fsp3) is 0.600. The number of hydrogen-bond acceptors (Lipinski definition) is 3. The first kappa shape index (κ1) is 19.4. The minimum atomic E-state index is -0.878. The first-order chi connectivity index (χ1) is 12.0. The molecule has 2 amide bonds. The fourth-order valence-electron chi connectivity index (χ4n) is 2.87. The Labute approximate surface area is 150 Å². The van der Waals surface area contributed by atoms with E-state index in [-0.39, 0.29) is 11.8 Å². The number of amides is 2. The number of carbonyl (C=O) groups excluding carboxylic acids is 2. The summed E-state index contributed by atoms with van der Waals surface area (Å²) in [6, 6.07) is 9.12. The Morgan fingerprint density at radius 1 is 0.960 bits per heavy atom. The summed E-state index contributed by atoms with van der Waals surface area (Å²) in [5, 5.41) is 5.45. The van der Waals surface area contributed by atoms with E-state index in [1.54, 1.807) is 0 Å². The normalized spacial score (nSPS) is 21.8. The third kappa shape index (κ3) is 6.50. The SMILES string of the molecule is CC(C)CCC(C)CCO[C@@H]1NC(=O)[C@H](Cc2ccccc2)NC1=O. The van der Waals surface area contributed by atoms with Gasteiger partial charge in [0, 0.05) is 6.42 Å². The molecule has 1 heterocycles.